The largest absolute Gasteiger partial charge is 0.462 e. The monoisotopic (exact) mass is 399 g/mol. The van der Waals surface area contributed by atoms with E-state index in [-0.39, 0.29) is 29.0 Å². The second-order valence-electron chi connectivity index (χ2n) is 6.04. The zero-order chi connectivity index (χ0) is 16.3. The number of unbranched alkanes of at least 4 members (excludes halogenated alkanes) is 1. The van der Waals surface area contributed by atoms with Crippen LogP contribution in [0.1, 0.15) is 50.6 Å². The van der Waals surface area contributed by atoms with Gasteiger partial charge in [-0.3, -0.25) is 4.90 Å². The van der Waals surface area contributed by atoms with Crippen molar-refractivity contribution in [1.82, 2.24) is 4.90 Å². The molecule has 24 heavy (non-hydrogen) atoms. The van der Waals surface area contributed by atoms with Crippen molar-refractivity contribution in [3.05, 3.63) is 35.9 Å². The van der Waals surface area contributed by atoms with E-state index >= 15 is 0 Å². The number of esters is 1. The van der Waals surface area contributed by atoms with Gasteiger partial charge in [-0.2, -0.15) is 0 Å². The van der Waals surface area contributed by atoms with Crippen molar-refractivity contribution in [3.63, 3.8) is 0 Å². The van der Waals surface area contributed by atoms with E-state index in [1.165, 1.54) is 6.42 Å². The minimum atomic E-state index is -0.285. The molecule has 0 bridgehead atoms. The van der Waals surface area contributed by atoms with Crippen LogP contribution in [-0.2, 0) is 14.3 Å². The molecule has 1 aliphatic heterocycles. The molecule has 1 fully saturated rings. The third-order valence-corrected chi connectivity index (χ3v) is 4.21. The number of carbonyl (C=O) groups is 1. The Morgan fingerprint density at radius 3 is 2.46 bits per heavy atom. The van der Waals surface area contributed by atoms with Gasteiger partial charge in [0.05, 0.1) is 6.61 Å². The molecule has 1 aromatic carbocycles. The molecule has 0 spiro atoms. The number of hydrogen-bond acceptors (Lipinski definition) is 4. The van der Waals surface area contributed by atoms with Crippen molar-refractivity contribution < 1.29 is 14.3 Å². The zero-order valence-corrected chi connectivity index (χ0v) is 16.3. The van der Waals surface area contributed by atoms with Gasteiger partial charge in [0, 0.05) is 6.61 Å². The first-order chi connectivity index (χ1) is 11.3. The molecule has 0 aromatic heterocycles. The normalized spacial score (nSPS) is 16.2. The summed E-state index contributed by atoms with van der Waals surface area (Å²) in [5.41, 5.74) is 1.02. The van der Waals surface area contributed by atoms with Gasteiger partial charge in [0.1, 0.15) is 12.6 Å². The molecule has 0 saturated carbocycles. The average molecular weight is 400 g/mol. The molecule has 0 N–H and O–H groups in total. The van der Waals surface area contributed by atoms with E-state index in [1.54, 1.807) is 0 Å². The topological polar surface area (TPSA) is 38.8 Å². The third kappa shape index (κ3) is 6.91. The summed E-state index contributed by atoms with van der Waals surface area (Å²) in [5.74, 6) is -0.155. The minimum absolute atomic E-state index is 0. The zero-order valence-electron chi connectivity index (χ0n) is 14.6. The van der Waals surface area contributed by atoms with Gasteiger partial charge in [0.2, 0.25) is 0 Å². The molecular formula is C19H30BrNO3. The van der Waals surface area contributed by atoms with E-state index in [4.69, 9.17) is 9.47 Å². The number of rotatable bonds is 9. The van der Waals surface area contributed by atoms with E-state index < -0.39 is 0 Å². The summed E-state index contributed by atoms with van der Waals surface area (Å²) in [6.07, 6.45) is 5.71. The average Bonchev–Trinajstić information content (AvgIpc) is 2.60. The molecule has 1 atom stereocenters. The fraction of sp³-hybridized carbons (Fsp3) is 0.632. The van der Waals surface area contributed by atoms with Crippen molar-refractivity contribution in [1.29, 1.82) is 0 Å². The summed E-state index contributed by atoms with van der Waals surface area (Å²) < 4.78 is 11.0. The van der Waals surface area contributed by atoms with Gasteiger partial charge in [-0.25, -0.2) is 4.79 Å². The van der Waals surface area contributed by atoms with Crippen LogP contribution in [0.25, 0.3) is 0 Å². The number of nitrogens with zero attached hydrogens (tertiary/aromatic N) is 1. The highest BCUT2D eigenvalue weighted by atomic mass is 79.9. The Bertz CT molecular complexity index is 449. The molecule has 0 radical (unpaired) electrons. The summed E-state index contributed by atoms with van der Waals surface area (Å²) in [5, 5.41) is 0. The van der Waals surface area contributed by atoms with Crippen LogP contribution in [0.2, 0.25) is 0 Å². The number of halogens is 1. The van der Waals surface area contributed by atoms with E-state index in [2.05, 4.69) is 11.8 Å². The van der Waals surface area contributed by atoms with Crippen LogP contribution in [0.15, 0.2) is 30.3 Å². The molecule has 0 unspecified atom stereocenters. The molecule has 1 saturated heterocycles. The molecule has 0 amide bonds. The molecule has 5 heteroatoms. The van der Waals surface area contributed by atoms with Gasteiger partial charge >= 0.3 is 5.97 Å². The Kier molecular flexibility index (Phi) is 11.0. The maximum Gasteiger partial charge on any atom is 0.328 e. The van der Waals surface area contributed by atoms with Crippen LogP contribution >= 0.6 is 17.0 Å². The first kappa shape index (κ1) is 21.1. The minimum Gasteiger partial charge on any atom is -0.462 e. The molecule has 136 valence electrons. The van der Waals surface area contributed by atoms with E-state index in [9.17, 15) is 4.79 Å². The molecule has 1 aromatic rings. The molecule has 0 aliphatic carbocycles. The van der Waals surface area contributed by atoms with E-state index in [0.29, 0.717) is 13.2 Å². The second-order valence-corrected chi connectivity index (χ2v) is 6.04. The van der Waals surface area contributed by atoms with E-state index in [1.807, 2.05) is 30.3 Å². The smallest absolute Gasteiger partial charge is 0.328 e. The maximum absolute atomic E-state index is 12.6. The fourth-order valence-electron chi connectivity index (χ4n) is 2.94. The Morgan fingerprint density at radius 1 is 1.08 bits per heavy atom. The Morgan fingerprint density at radius 2 is 1.79 bits per heavy atom. The Balaban J connectivity index is 0.00000288. The van der Waals surface area contributed by atoms with Gasteiger partial charge in [-0.05, 0) is 37.9 Å². The lowest BCUT2D eigenvalue weighted by molar-refractivity contribution is -0.152. The van der Waals surface area contributed by atoms with Gasteiger partial charge in [0.15, 0.2) is 0 Å². The lowest BCUT2D eigenvalue weighted by Gasteiger charge is -2.33. The van der Waals surface area contributed by atoms with Crippen molar-refractivity contribution in [2.24, 2.45) is 0 Å². The number of ether oxygens (including phenoxy) is 2. The summed E-state index contributed by atoms with van der Waals surface area (Å²) in [7, 11) is 0. The van der Waals surface area contributed by atoms with Crippen LogP contribution in [-0.4, -0.2) is 43.8 Å². The van der Waals surface area contributed by atoms with E-state index in [0.717, 1.165) is 50.9 Å². The van der Waals surface area contributed by atoms with Gasteiger partial charge in [0.25, 0.3) is 0 Å². The van der Waals surface area contributed by atoms with Gasteiger partial charge in [-0.1, -0.05) is 50.1 Å². The van der Waals surface area contributed by atoms with Crippen LogP contribution in [0, 0.1) is 0 Å². The highest BCUT2D eigenvalue weighted by Gasteiger charge is 2.29. The Hall–Kier alpha value is -0.910. The van der Waals surface area contributed by atoms with Crippen molar-refractivity contribution in [2.75, 3.05) is 32.9 Å². The summed E-state index contributed by atoms with van der Waals surface area (Å²) >= 11 is 0. The second kappa shape index (κ2) is 12.5. The molecule has 2 rings (SSSR count). The first-order valence-corrected chi connectivity index (χ1v) is 8.86. The molecule has 1 heterocycles. The summed E-state index contributed by atoms with van der Waals surface area (Å²) in [6, 6.07) is 9.67. The van der Waals surface area contributed by atoms with Crippen LogP contribution in [0.5, 0.6) is 0 Å². The maximum atomic E-state index is 12.6. The summed E-state index contributed by atoms with van der Waals surface area (Å²) in [6.45, 7) is 5.60. The SMILES string of the molecule is Br.CCCCOCCOC(=O)[C@H](c1ccccc1)N1CCCCC1. The third-order valence-electron chi connectivity index (χ3n) is 4.21. The van der Waals surface area contributed by atoms with Crippen LogP contribution in [0.3, 0.4) is 0 Å². The molecular weight excluding hydrogens is 370 g/mol. The predicted molar refractivity (Wildman–Crippen MR) is 102 cm³/mol. The van der Waals surface area contributed by atoms with Crippen molar-refractivity contribution in [2.45, 2.75) is 45.1 Å². The van der Waals surface area contributed by atoms with Gasteiger partial charge < -0.3 is 9.47 Å². The summed E-state index contributed by atoms with van der Waals surface area (Å²) in [4.78, 5) is 14.9. The standard InChI is InChI=1S/C19H29NO3.BrH/c1-2-3-14-22-15-16-23-19(21)18(17-10-6-4-7-11-17)20-12-8-5-9-13-20;/h4,6-7,10-11,18H,2-3,5,8-9,12-16H2,1H3;1H/t18-;/m0./s1. The lowest BCUT2D eigenvalue weighted by atomic mass is 10.0. The number of hydrogen-bond donors (Lipinski definition) is 0. The highest BCUT2D eigenvalue weighted by molar-refractivity contribution is 8.93. The number of likely N-dealkylation sites (tertiary alicyclic amines) is 1. The quantitative estimate of drug-likeness (QED) is 0.461. The fourth-order valence-corrected chi connectivity index (χ4v) is 2.94. The number of piperidine rings is 1. The lowest BCUT2D eigenvalue weighted by Crippen LogP contribution is -2.39. The molecule has 4 nitrogen and oxygen atoms in total. The number of benzene rings is 1. The van der Waals surface area contributed by atoms with Crippen molar-refractivity contribution >= 4 is 23.0 Å². The van der Waals surface area contributed by atoms with Crippen LogP contribution in [0.4, 0.5) is 0 Å². The highest BCUT2D eigenvalue weighted by Crippen LogP contribution is 2.25. The van der Waals surface area contributed by atoms with Crippen LogP contribution < -0.4 is 0 Å². The Labute approximate surface area is 156 Å². The first-order valence-electron chi connectivity index (χ1n) is 8.86. The number of carbonyl (C=O) groups excluding carboxylic acids is 1. The predicted octanol–water partition coefficient (Wildman–Crippen LogP) is 4.15. The molecule has 1 aliphatic rings. The van der Waals surface area contributed by atoms with Gasteiger partial charge in [-0.15, -0.1) is 17.0 Å². The van der Waals surface area contributed by atoms with Crippen molar-refractivity contribution in [3.8, 4) is 0 Å².